The molecule has 0 aromatic heterocycles. The highest BCUT2D eigenvalue weighted by Crippen LogP contribution is 2.27. The van der Waals surface area contributed by atoms with Gasteiger partial charge in [0.2, 0.25) is 0 Å². The smallest absolute Gasteiger partial charge is 0.261 e. The van der Waals surface area contributed by atoms with E-state index in [0.717, 1.165) is 23.3 Å². The van der Waals surface area contributed by atoms with Crippen molar-refractivity contribution in [3.63, 3.8) is 0 Å². The molecule has 3 aromatic carbocycles. The topological polar surface area (TPSA) is 84.5 Å². The highest BCUT2D eigenvalue weighted by molar-refractivity contribution is 7.92. The second kappa shape index (κ2) is 10.9. The highest BCUT2D eigenvalue weighted by atomic mass is 35.5. The molecule has 0 saturated carbocycles. The molecule has 1 unspecified atom stereocenters. The molecule has 0 radical (unpaired) electrons. The minimum Gasteiger partial charge on any atom is -0.497 e. The van der Waals surface area contributed by atoms with E-state index in [2.05, 4.69) is 23.9 Å². The van der Waals surface area contributed by atoms with E-state index in [4.69, 9.17) is 16.3 Å². The first kappa shape index (κ1) is 25.6. The molecule has 0 spiro atoms. The lowest BCUT2D eigenvalue weighted by Gasteiger charge is -2.22. The fraction of sp³-hybridized carbons (Fsp3) is 0.269. The van der Waals surface area contributed by atoms with Gasteiger partial charge >= 0.3 is 0 Å². The Morgan fingerprint density at radius 3 is 2.21 bits per heavy atom. The highest BCUT2D eigenvalue weighted by Gasteiger charge is 2.20. The van der Waals surface area contributed by atoms with Crippen molar-refractivity contribution in [2.45, 2.75) is 38.1 Å². The summed E-state index contributed by atoms with van der Waals surface area (Å²) in [7, 11) is -2.17. The number of hydrogen-bond donors (Lipinski definition) is 2. The standard InChI is InChI=1S/C26H29ClN2O4S/c1-17(2)15-25(19-7-10-21(33-4)11-8-19)28-26(30)23-14-9-20(16-24(23)27)29-34(31,32)22-12-5-18(3)6-13-22/h5-14,16-17,25,29H,15H2,1-4H3,(H,28,30). The quantitative estimate of drug-likeness (QED) is 0.378. The summed E-state index contributed by atoms with van der Waals surface area (Å²) in [4.78, 5) is 13.2. The Morgan fingerprint density at radius 1 is 1.00 bits per heavy atom. The molecule has 0 bridgehead atoms. The first-order valence-electron chi connectivity index (χ1n) is 10.9. The largest absolute Gasteiger partial charge is 0.497 e. The van der Waals surface area contributed by atoms with Crippen molar-refractivity contribution in [3.8, 4) is 5.75 Å². The number of ether oxygens (including phenoxy) is 1. The van der Waals surface area contributed by atoms with E-state index >= 15 is 0 Å². The normalized spacial score (nSPS) is 12.3. The fourth-order valence-electron chi connectivity index (χ4n) is 3.52. The predicted octanol–water partition coefficient (Wildman–Crippen LogP) is 5.98. The number of hydrogen-bond acceptors (Lipinski definition) is 4. The minimum absolute atomic E-state index is 0.145. The second-order valence-corrected chi connectivity index (χ2v) is 10.6. The van der Waals surface area contributed by atoms with Crippen LogP contribution in [-0.2, 0) is 10.0 Å². The Morgan fingerprint density at radius 2 is 1.65 bits per heavy atom. The lowest BCUT2D eigenvalue weighted by atomic mass is 9.96. The van der Waals surface area contributed by atoms with Crippen molar-refractivity contribution in [2.75, 3.05) is 11.8 Å². The van der Waals surface area contributed by atoms with Crippen LogP contribution in [0.3, 0.4) is 0 Å². The van der Waals surface area contributed by atoms with Crippen LogP contribution in [0.25, 0.3) is 0 Å². The SMILES string of the molecule is COc1ccc(C(CC(C)C)NC(=O)c2ccc(NS(=O)(=O)c3ccc(C)cc3)cc2Cl)cc1. The van der Waals surface area contributed by atoms with Crippen LogP contribution in [0.1, 0.15) is 47.8 Å². The average Bonchev–Trinajstić information content (AvgIpc) is 2.78. The molecule has 0 aliphatic heterocycles. The zero-order chi connectivity index (χ0) is 24.9. The van der Waals surface area contributed by atoms with Gasteiger partial charge in [-0.05, 0) is 67.3 Å². The summed E-state index contributed by atoms with van der Waals surface area (Å²) in [5.41, 5.74) is 2.46. The van der Waals surface area contributed by atoms with Gasteiger partial charge in [0.25, 0.3) is 15.9 Å². The van der Waals surface area contributed by atoms with Crippen LogP contribution in [0.2, 0.25) is 5.02 Å². The van der Waals surface area contributed by atoms with Crippen molar-refractivity contribution >= 4 is 33.2 Å². The van der Waals surface area contributed by atoms with Crippen molar-refractivity contribution in [1.82, 2.24) is 5.32 Å². The Bertz CT molecular complexity index is 1240. The summed E-state index contributed by atoms with van der Waals surface area (Å²) < 4.78 is 33.0. The van der Waals surface area contributed by atoms with Gasteiger partial charge in [-0.1, -0.05) is 55.3 Å². The molecule has 180 valence electrons. The number of aryl methyl sites for hydroxylation is 1. The second-order valence-electron chi connectivity index (χ2n) is 8.54. The maximum absolute atomic E-state index is 13.0. The first-order chi connectivity index (χ1) is 16.1. The molecule has 0 aliphatic carbocycles. The first-order valence-corrected chi connectivity index (χ1v) is 12.8. The molecule has 1 amide bonds. The average molecular weight is 501 g/mol. The Balaban J connectivity index is 1.78. The maximum Gasteiger partial charge on any atom is 0.261 e. The van der Waals surface area contributed by atoms with Gasteiger partial charge in [-0.3, -0.25) is 9.52 Å². The van der Waals surface area contributed by atoms with Gasteiger partial charge < -0.3 is 10.1 Å². The molecular formula is C26H29ClN2O4S. The predicted molar refractivity (Wildman–Crippen MR) is 136 cm³/mol. The lowest BCUT2D eigenvalue weighted by Crippen LogP contribution is -2.29. The van der Waals surface area contributed by atoms with E-state index in [1.807, 2.05) is 31.2 Å². The summed E-state index contributed by atoms with van der Waals surface area (Å²) in [5, 5.41) is 3.21. The van der Waals surface area contributed by atoms with Crippen molar-refractivity contribution in [1.29, 1.82) is 0 Å². The number of amides is 1. The molecule has 8 heteroatoms. The van der Waals surface area contributed by atoms with Crippen LogP contribution in [0, 0.1) is 12.8 Å². The number of carbonyl (C=O) groups excluding carboxylic acids is 1. The van der Waals surface area contributed by atoms with E-state index in [-0.39, 0.29) is 33.1 Å². The number of benzene rings is 3. The number of carbonyl (C=O) groups is 1. The van der Waals surface area contributed by atoms with Crippen LogP contribution in [0.15, 0.2) is 71.6 Å². The third-order valence-electron chi connectivity index (χ3n) is 5.33. The van der Waals surface area contributed by atoms with E-state index in [1.165, 1.54) is 30.3 Å². The lowest BCUT2D eigenvalue weighted by molar-refractivity contribution is 0.0932. The van der Waals surface area contributed by atoms with Gasteiger partial charge in [0.1, 0.15) is 5.75 Å². The molecule has 0 aliphatic rings. The van der Waals surface area contributed by atoms with E-state index in [0.29, 0.717) is 5.92 Å². The molecule has 2 N–H and O–H groups in total. The van der Waals surface area contributed by atoms with Crippen molar-refractivity contribution < 1.29 is 17.9 Å². The Hall–Kier alpha value is -3.03. The Kier molecular flexibility index (Phi) is 8.23. The van der Waals surface area contributed by atoms with Crippen LogP contribution in [0.5, 0.6) is 5.75 Å². The van der Waals surface area contributed by atoms with Gasteiger partial charge in [0.05, 0.1) is 34.3 Å². The molecule has 34 heavy (non-hydrogen) atoms. The summed E-state index contributed by atoms with van der Waals surface area (Å²) in [6.45, 7) is 6.06. The number of halogens is 1. The van der Waals surface area contributed by atoms with Crippen LogP contribution in [-0.4, -0.2) is 21.4 Å². The third kappa shape index (κ3) is 6.52. The summed E-state index contributed by atoms with van der Waals surface area (Å²) in [6.07, 6.45) is 0.740. The van der Waals surface area contributed by atoms with Crippen LogP contribution < -0.4 is 14.8 Å². The van der Waals surface area contributed by atoms with E-state index < -0.39 is 10.0 Å². The van der Waals surface area contributed by atoms with E-state index in [9.17, 15) is 13.2 Å². The number of sulfonamides is 1. The van der Waals surface area contributed by atoms with Gasteiger partial charge in [0.15, 0.2) is 0 Å². The maximum atomic E-state index is 13.0. The molecule has 0 heterocycles. The van der Waals surface area contributed by atoms with Crippen molar-refractivity contribution in [3.05, 3.63) is 88.4 Å². The minimum atomic E-state index is -3.77. The van der Waals surface area contributed by atoms with Gasteiger partial charge in [-0.15, -0.1) is 0 Å². The summed E-state index contributed by atoms with van der Waals surface area (Å²) in [6, 6.07) is 18.4. The monoisotopic (exact) mass is 500 g/mol. The Labute approximate surface area is 206 Å². The number of anilines is 1. The molecule has 1 atom stereocenters. The van der Waals surface area contributed by atoms with Gasteiger partial charge in [0, 0.05) is 0 Å². The van der Waals surface area contributed by atoms with Crippen molar-refractivity contribution in [2.24, 2.45) is 5.92 Å². The molecule has 3 aromatic rings. The molecular weight excluding hydrogens is 472 g/mol. The number of rotatable bonds is 9. The number of nitrogens with one attached hydrogen (secondary N) is 2. The number of methoxy groups -OCH3 is 1. The zero-order valence-electron chi connectivity index (χ0n) is 19.6. The molecule has 0 saturated heterocycles. The van der Waals surface area contributed by atoms with Gasteiger partial charge in [-0.25, -0.2) is 8.42 Å². The molecule has 6 nitrogen and oxygen atoms in total. The molecule has 3 rings (SSSR count). The van der Waals surface area contributed by atoms with E-state index in [1.54, 1.807) is 19.2 Å². The fourth-order valence-corrected chi connectivity index (χ4v) is 4.83. The summed E-state index contributed by atoms with van der Waals surface area (Å²) in [5.74, 6) is 0.755. The third-order valence-corrected chi connectivity index (χ3v) is 7.04. The molecule has 0 fully saturated rings. The van der Waals surface area contributed by atoms with Crippen LogP contribution in [0.4, 0.5) is 5.69 Å². The summed E-state index contributed by atoms with van der Waals surface area (Å²) >= 11 is 6.38. The zero-order valence-corrected chi connectivity index (χ0v) is 21.2. The van der Waals surface area contributed by atoms with Crippen LogP contribution >= 0.6 is 11.6 Å². The van der Waals surface area contributed by atoms with Gasteiger partial charge in [-0.2, -0.15) is 0 Å².